The van der Waals surface area contributed by atoms with Crippen molar-refractivity contribution < 1.29 is 9.53 Å². The number of nitrogens with zero attached hydrogens (tertiary/aromatic N) is 7. The highest BCUT2D eigenvalue weighted by Gasteiger charge is 2.42. The molecule has 2 aromatic carbocycles. The van der Waals surface area contributed by atoms with Crippen molar-refractivity contribution in [2.45, 2.75) is 26.4 Å². The number of aromatic nitrogens is 4. The zero-order chi connectivity index (χ0) is 22.8. The topological polar surface area (TPSA) is 162 Å². The highest BCUT2D eigenvalue weighted by molar-refractivity contribution is 5.97. The summed E-state index contributed by atoms with van der Waals surface area (Å²) >= 11 is 0. The second-order valence-electron chi connectivity index (χ2n) is 7.08. The van der Waals surface area contributed by atoms with Gasteiger partial charge in [-0.05, 0) is 40.6 Å². The Balaban J connectivity index is 1.93. The fraction of sp³-hybridized carbons (Fsp3) is 0.250. The Morgan fingerprint density at radius 3 is 2.69 bits per heavy atom. The molecule has 0 radical (unpaired) electrons. The van der Waals surface area contributed by atoms with Gasteiger partial charge in [0.1, 0.15) is 6.04 Å². The van der Waals surface area contributed by atoms with Gasteiger partial charge in [-0.25, -0.2) is 9.80 Å². The van der Waals surface area contributed by atoms with Crippen molar-refractivity contribution in [1.82, 2.24) is 30.2 Å². The molecule has 3 aromatic rings. The SMILES string of the molecule is CCOC(=O)C1=C(C)N(Cc2nnnn2N)C(=N)N(N=N)C1c1cccc2ccccc12. The average molecular weight is 434 g/mol. The van der Waals surface area contributed by atoms with Crippen LogP contribution < -0.4 is 5.84 Å². The van der Waals surface area contributed by atoms with E-state index < -0.39 is 12.0 Å². The van der Waals surface area contributed by atoms with Crippen LogP contribution in [0.15, 0.2) is 59.0 Å². The van der Waals surface area contributed by atoms with Crippen molar-refractivity contribution in [2.75, 3.05) is 12.4 Å². The van der Waals surface area contributed by atoms with E-state index in [2.05, 4.69) is 20.7 Å². The second-order valence-corrected chi connectivity index (χ2v) is 7.08. The second kappa shape index (κ2) is 8.41. The maximum atomic E-state index is 13.1. The Labute approximate surface area is 183 Å². The van der Waals surface area contributed by atoms with Gasteiger partial charge < -0.3 is 15.5 Å². The summed E-state index contributed by atoms with van der Waals surface area (Å²) in [4.78, 5) is 15.6. The lowest BCUT2D eigenvalue weighted by Crippen LogP contribution is -2.48. The standard InChI is InChI=1S/C20H22N10O2/c1-3-32-19(31)17-12(2)28(11-16-24-26-27-30(16)23)20(21)29(25-22)18(17)15-10-6-8-13-7-4-5-9-14(13)15/h4-10,18,21-22H,3,11,23H2,1-2H3. The van der Waals surface area contributed by atoms with Gasteiger partial charge in [0.2, 0.25) is 5.96 Å². The van der Waals surface area contributed by atoms with Gasteiger partial charge in [0, 0.05) is 5.70 Å². The number of nitrogen functional groups attached to an aromatic ring is 1. The summed E-state index contributed by atoms with van der Waals surface area (Å²) in [7, 11) is 0. The molecule has 0 aliphatic carbocycles. The summed E-state index contributed by atoms with van der Waals surface area (Å²) in [6.07, 6.45) is 0. The number of ether oxygens (including phenoxy) is 1. The van der Waals surface area contributed by atoms with Crippen molar-refractivity contribution in [2.24, 2.45) is 5.22 Å². The van der Waals surface area contributed by atoms with Crippen LogP contribution in [0.25, 0.3) is 10.8 Å². The van der Waals surface area contributed by atoms with Gasteiger partial charge in [0.15, 0.2) is 5.82 Å². The van der Waals surface area contributed by atoms with E-state index in [0.717, 1.165) is 21.1 Å². The molecule has 0 bridgehead atoms. The third-order valence-corrected chi connectivity index (χ3v) is 5.37. The van der Waals surface area contributed by atoms with E-state index in [1.165, 1.54) is 9.91 Å². The summed E-state index contributed by atoms with van der Waals surface area (Å²) in [5, 5.41) is 26.4. The molecule has 12 nitrogen and oxygen atoms in total. The molecule has 1 unspecified atom stereocenters. The van der Waals surface area contributed by atoms with Crippen molar-refractivity contribution in [1.29, 1.82) is 10.9 Å². The first kappa shape index (κ1) is 20.9. The van der Waals surface area contributed by atoms with E-state index >= 15 is 0 Å². The largest absolute Gasteiger partial charge is 0.463 e. The normalized spacial score (nSPS) is 16.6. The van der Waals surface area contributed by atoms with E-state index in [0.29, 0.717) is 5.70 Å². The molecule has 164 valence electrons. The molecule has 0 saturated heterocycles. The Hall–Kier alpha value is -4.35. The number of guanidine groups is 1. The zero-order valence-electron chi connectivity index (χ0n) is 17.6. The summed E-state index contributed by atoms with van der Waals surface area (Å²) < 4.78 is 5.36. The Morgan fingerprint density at radius 1 is 1.25 bits per heavy atom. The number of allylic oxidation sites excluding steroid dienone is 1. The Kier molecular flexibility index (Phi) is 5.50. The molecule has 1 atom stereocenters. The van der Waals surface area contributed by atoms with Crippen LogP contribution >= 0.6 is 0 Å². The summed E-state index contributed by atoms with van der Waals surface area (Å²) in [6, 6.07) is 12.6. The van der Waals surface area contributed by atoms with Crippen LogP contribution in [0.1, 0.15) is 31.3 Å². The van der Waals surface area contributed by atoms with Gasteiger partial charge in [-0.2, -0.15) is 5.53 Å². The van der Waals surface area contributed by atoms with E-state index in [9.17, 15) is 4.79 Å². The minimum Gasteiger partial charge on any atom is -0.463 e. The molecule has 12 heteroatoms. The van der Waals surface area contributed by atoms with Gasteiger partial charge in [0.25, 0.3) is 0 Å². The van der Waals surface area contributed by atoms with Crippen LogP contribution in [-0.2, 0) is 16.1 Å². The number of rotatable bonds is 6. The molecule has 4 N–H and O–H groups in total. The van der Waals surface area contributed by atoms with E-state index in [1.54, 1.807) is 13.8 Å². The Morgan fingerprint density at radius 2 is 2.00 bits per heavy atom. The molecule has 2 heterocycles. The number of nitrogens with two attached hydrogens (primary N) is 1. The number of tetrazole rings is 1. The molecule has 1 aliphatic heterocycles. The molecule has 0 spiro atoms. The van der Waals surface area contributed by atoms with Crippen LogP contribution in [0.5, 0.6) is 0 Å². The van der Waals surface area contributed by atoms with E-state index in [-0.39, 0.29) is 30.5 Å². The van der Waals surface area contributed by atoms with Crippen LogP contribution in [0, 0.1) is 10.9 Å². The minimum atomic E-state index is -0.824. The lowest BCUT2D eigenvalue weighted by atomic mass is 9.90. The lowest BCUT2D eigenvalue weighted by Gasteiger charge is -2.41. The fourth-order valence-corrected chi connectivity index (χ4v) is 3.87. The number of esters is 1. The molecule has 4 rings (SSSR count). The maximum Gasteiger partial charge on any atom is 0.338 e. The predicted octanol–water partition coefficient (Wildman–Crippen LogP) is 2.12. The molecule has 1 aliphatic rings. The number of hydrogen-bond acceptors (Lipinski definition) is 9. The number of fused-ring (bicyclic) bond motifs is 1. The zero-order valence-corrected chi connectivity index (χ0v) is 17.6. The van der Waals surface area contributed by atoms with Crippen molar-refractivity contribution in [3.05, 3.63) is 65.1 Å². The van der Waals surface area contributed by atoms with Gasteiger partial charge in [-0.15, -0.1) is 9.89 Å². The molecular weight excluding hydrogens is 412 g/mol. The van der Waals surface area contributed by atoms with Crippen molar-refractivity contribution >= 4 is 22.7 Å². The van der Waals surface area contributed by atoms with Gasteiger partial charge >= 0.3 is 5.97 Å². The van der Waals surface area contributed by atoms with Gasteiger partial charge in [-0.3, -0.25) is 5.41 Å². The molecule has 0 fully saturated rings. The number of carbonyl (C=O) groups excluding carboxylic acids is 1. The minimum absolute atomic E-state index is 0.00531. The van der Waals surface area contributed by atoms with Crippen LogP contribution in [0.4, 0.5) is 0 Å². The fourth-order valence-electron chi connectivity index (χ4n) is 3.87. The molecule has 1 aromatic heterocycles. The van der Waals surface area contributed by atoms with Crippen molar-refractivity contribution in [3.63, 3.8) is 0 Å². The lowest BCUT2D eigenvalue weighted by molar-refractivity contribution is -0.139. The maximum absolute atomic E-state index is 13.1. The Bertz CT molecular complexity index is 1230. The predicted molar refractivity (Wildman–Crippen MR) is 114 cm³/mol. The van der Waals surface area contributed by atoms with Crippen molar-refractivity contribution in [3.8, 4) is 0 Å². The third-order valence-electron chi connectivity index (χ3n) is 5.37. The smallest absolute Gasteiger partial charge is 0.338 e. The first-order valence-corrected chi connectivity index (χ1v) is 9.88. The summed E-state index contributed by atoms with van der Waals surface area (Å²) in [6.45, 7) is 3.61. The molecule has 0 amide bonds. The molecule has 32 heavy (non-hydrogen) atoms. The highest BCUT2D eigenvalue weighted by atomic mass is 16.5. The summed E-state index contributed by atoms with van der Waals surface area (Å²) in [5.74, 6) is 5.34. The third kappa shape index (κ3) is 3.41. The number of nitrogens with one attached hydrogen (secondary N) is 2. The van der Waals surface area contributed by atoms with Crippen LogP contribution in [0.3, 0.4) is 0 Å². The van der Waals surface area contributed by atoms with Gasteiger partial charge in [0.05, 0.1) is 18.7 Å². The van der Waals surface area contributed by atoms with Crippen LogP contribution in [0.2, 0.25) is 0 Å². The molecular formula is C20H22N10O2. The van der Waals surface area contributed by atoms with E-state index in [4.69, 9.17) is 21.5 Å². The van der Waals surface area contributed by atoms with Crippen LogP contribution in [-0.4, -0.2) is 48.8 Å². The average Bonchev–Trinajstić information content (AvgIpc) is 3.20. The molecule has 0 saturated carbocycles. The van der Waals surface area contributed by atoms with Gasteiger partial charge in [-0.1, -0.05) is 47.7 Å². The number of benzene rings is 2. The van der Waals surface area contributed by atoms with E-state index in [1.807, 2.05) is 42.5 Å². The monoisotopic (exact) mass is 434 g/mol. The first-order chi connectivity index (χ1) is 15.5. The first-order valence-electron chi connectivity index (χ1n) is 9.88. The summed E-state index contributed by atoms with van der Waals surface area (Å²) in [5.41, 5.74) is 9.30. The number of carbonyl (C=O) groups is 1. The quantitative estimate of drug-likeness (QED) is 0.302. The number of hydrogen-bond donors (Lipinski definition) is 3. The highest BCUT2D eigenvalue weighted by Crippen LogP contribution is 2.40.